The van der Waals surface area contributed by atoms with Crippen LogP contribution in [0, 0.1) is 0 Å². The summed E-state index contributed by atoms with van der Waals surface area (Å²) in [5, 5.41) is 0.796. The third-order valence-electron chi connectivity index (χ3n) is 5.58. The van der Waals surface area contributed by atoms with Crippen molar-refractivity contribution in [3.63, 3.8) is 0 Å². The summed E-state index contributed by atoms with van der Waals surface area (Å²) in [6.07, 6.45) is 1.59. The summed E-state index contributed by atoms with van der Waals surface area (Å²) in [7, 11) is 0. The molecule has 4 heterocycles. The van der Waals surface area contributed by atoms with Crippen molar-refractivity contribution in [2.75, 3.05) is 42.6 Å². The van der Waals surface area contributed by atoms with E-state index in [2.05, 4.69) is 4.90 Å². The number of thiazole rings is 1. The maximum atomic E-state index is 13.4. The van der Waals surface area contributed by atoms with Gasteiger partial charge in [0.1, 0.15) is 10.9 Å². The lowest BCUT2D eigenvalue weighted by molar-refractivity contribution is -0.122. The smallest absolute Gasteiger partial charge is 0.268 e. The Balaban J connectivity index is 1.57. The molecule has 3 aliphatic heterocycles. The van der Waals surface area contributed by atoms with Gasteiger partial charge in [0, 0.05) is 19.6 Å². The molecule has 146 valence electrons. The summed E-state index contributed by atoms with van der Waals surface area (Å²) in [5.74, 6) is 0.436. The molecule has 0 radical (unpaired) electrons. The van der Waals surface area contributed by atoms with E-state index in [4.69, 9.17) is 9.72 Å². The Labute approximate surface area is 167 Å². The summed E-state index contributed by atoms with van der Waals surface area (Å²) in [4.78, 5) is 37.6. The second-order valence-corrected chi connectivity index (χ2v) is 8.29. The van der Waals surface area contributed by atoms with Crippen molar-refractivity contribution < 1.29 is 14.3 Å². The van der Waals surface area contributed by atoms with Gasteiger partial charge in [-0.15, -0.1) is 0 Å². The molecular weight excluding hydrogens is 376 g/mol. The molecule has 1 aromatic heterocycles. The molecule has 0 N–H and O–H groups in total. The van der Waals surface area contributed by atoms with Crippen molar-refractivity contribution >= 4 is 34.1 Å². The standard InChI is InChI=1S/C20H22N4O3S/c25-18-15-7-4-8-23(15)19(26)16-17(24(18)13-14-5-2-1-3-6-14)21-20(28-16)22-9-11-27-12-10-22/h1-3,5-6,15H,4,7-13H2/t15-/m0/s1. The van der Waals surface area contributed by atoms with Gasteiger partial charge in [-0.25, -0.2) is 4.98 Å². The van der Waals surface area contributed by atoms with Gasteiger partial charge < -0.3 is 14.5 Å². The van der Waals surface area contributed by atoms with E-state index in [0.29, 0.717) is 37.0 Å². The lowest BCUT2D eigenvalue weighted by atomic mass is 10.1. The SMILES string of the molecule is O=C1[C@@H]2CCCN2C(=O)c2sc(N3CCOCC3)nc2N1Cc1ccccc1. The quantitative estimate of drug-likeness (QED) is 0.793. The van der Waals surface area contributed by atoms with E-state index in [9.17, 15) is 9.59 Å². The Morgan fingerprint density at radius 2 is 1.89 bits per heavy atom. The fourth-order valence-corrected chi connectivity index (χ4v) is 5.19. The maximum absolute atomic E-state index is 13.4. The Hall–Kier alpha value is -2.45. The van der Waals surface area contributed by atoms with Gasteiger partial charge in [-0.2, -0.15) is 0 Å². The summed E-state index contributed by atoms with van der Waals surface area (Å²) in [5.41, 5.74) is 1.03. The van der Waals surface area contributed by atoms with Gasteiger partial charge in [-0.1, -0.05) is 41.7 Å². The summed E-state index contributed by atoms with van der Waals surface area (Å²) >= 11 is 1.40. The van der Waals surface area contributed by atoms with E-state index in [1.807, 2.05) is 30.3 Å². The number of rotatable bonds is 3. The molecule has 3 aliphatic rings. The van der Waals surface area contributed by atoms with Crippen LogP contribution < -0.4 is 9.80 Å². The third-order valence-corrected chi connectivity index (χ3v) is 6.67. The normalized spacial score (nSPS) is 22.3. The molecule has 7 nitrogen and oxygen atoms in total. The molecule has 0 saturated carbocycles. The van der Waals surface area contributed by atoms with Crippen LogP contribution in [-0.2, 0) is 16.1 Å². The molecule has 8 heteroatoms. The first kappa shape index (κ1) is 17.6. The van der Waals surface area contributed by atoms with Gasteiger partial charge in [0.25, 0.3) is 11.8 Å². The summed E-state index contributed by atoms with van der Waals surface area (Å²) in [6.45, 7) is 3.87. The van der Waals surface area contributed by atoms with Crippen molar-refractivity contribution in [3.8, 4) is 0 Å². The predicted molar refractivity (Wildman–Crippen MR) is 107 cm³/mol. The molecule has 0 aliphatic carbocycles. The zero-order valence-electron chi connectivity index (χ0n) is 15.5. The number of hydrogen-bond donors (Lipinski definition) is 0. The number of fused-ring (bicyclic) bond motifs is 2. The van der Waals surface area contributed by atoms with Crippen LogP contribution in [0.5, 0.6) is 0 Å². The minimum atomic E-state index is -0.371. The Kier molecular flexibility index (Phi) is 4.52. The van der Waals surface area contributed by atoms with Crippen LogP contribution in [-0.4, -0.2) is 60.6 Å². The van der Waals surface area contributed by atoms with Crippen LogP contribution in [0.4, 0.5) is 10.9 Å². The summed E-state index contributed by atoms with van der Waals surface area (Å²) in [6, 6.07) is 9.52. The zero-order chi connectivity index (χ0) is 19.1. The van der Waals surface area contributed by atoms with Crippen molar-refractivity contribution in [1.29, 1.82) is 0 Å². The Bertz CT molecular complexity index is 894. The Morgan fingerprint density at radius 1 is 1.11 bits per heavy atom. The molecule has 2 amide bonds. The van der Waals surface area contributed by atoms with Gasteiger partial charge in [-0.3, -0.25) is 14.5 Å². The van der Waals surface area contributed by atoms with Gasteiger partial charge in [-0.05, 0) is 18.4 Å². The fraction of sp³-hybridized carbons (Fsp3) is 0.450. The lowest BCUT2D eigenvalue weighted by Crippen LogP contribution is -2.45. The molecule has 0 bridgehead atoms. The highest BCUT2D eigenvalue weighted by Gasteiger charge is 2.44. The molecule has 2 fully saturated rings. The molecule has 0 unspecified atom stereocenters. The average molecular weight is 398 g/mol. The number of anilines is 2. The lowest BCUT2D eigenvalue weighted by Gasteiger charge is -2.27. The second-order valence-electron chi connectivity index (χ2n) is 7.32. The highest BCUT2D eigenvalue weighted by atomic mass is 32.1. The van der Waals surface area contributed by atoms with E-state index in [1.165, 1.54) is 11.3 Å². The fourth-order valence-electron chi connectivity index (χ4n) is 4.11. The molecule has 1 atom stereocenters. The number of morpholine rings is 1. The number of benzene rings is 1. The first-order valence-corrected chi connectivity index (χ1v) is 10.5. The topological polar surface area (TPSA) is 66.0 Å². The molecule has 2 saturated heterocycles. The van der Waals surface area contributed by atoms with Crippen LogP contribution >= 0.6 is 11.3 Å². The van der Waals surface area contributed by atoms with E-state index >= 15 is 0 Å². The molecule has 0 spiro atoms. The average Bonchev–Trinajstić information content (AvgIpc) is 3.39. The minimum absolute atomic E-state index is 0.0210. The molecule has 2 aromatic rings. The van der Waals surface area contributed by atoms with Crippen LogP contribution in [0.2, 0.25) is 0 Å². The van der Waals surface area contributed by atoms with Gasteiger partial charge in [0.2, 0.25) is 0 Å². The second kappa shape index (κ2) is 7.18. The van der Waals surface area contributed by atoms with E-state index in [-0.39, 0.29) is 17.9 Å². The van der Waals surface area contributed by atoms with Crippen LogP contribution in [0.25, 0.3) is 0 Å². The summed E-state index contributed by atoms with van der Waals surface area (Å²) < 4.78 is 5.43. The molecular formula is C20H22N4O3S. The number of carbonyl (C=O) groups excluding carboxylic acids is 2. The molecule has 28 heavy (non-hydrogen) atoms. The minimum Gasteiger partial charge on any atom is -0.378 e. The number of aromatic nitrogens is 1. The first-order valence-electron chi connectivity index (χ1n) is 9.72. The van der Waals surface area contributed by atoms with Crippen LogP contribution in [0.3, 0.4) is 0 Å². The number of nitrogens with zero attached hydrogens (tertiary/aromatic N) is 4. The van der Waals surface area contributed by atoms with Gasteiger partial charge in [0.05, 0.1) is 19.8 Å². The Morgan fingerprint density at radius 3 is 2.68 bits per heavy atom. The van der Waals surface area contributed by atoms with Crippen molar-refractivity contribution in [1.82, 2.24) is 9.88 Å². The number of carbonyl (C=O) groups is 2. The first-order chi connectivity index (χ1) is 13.7. The van der Waals surface area contributed by atoms with Crippen molar-refractivity contribution in [2.24, 2.45) is 0 Å². The van der Waals surface area contributed by atoms with Gasteiger partial charge in [0.15, 0.2) is 10.9 Å². The number of amides is 2. The molecule has 5 rings (SSSR count). The van der Waals surface area contributed by atoms with Crippen molar-refractivity contribution in [2.45, 2.75) is 25.4 Å². The number of hydrogen-bond acceptors (Lipinski definition) is 6. The van der Waals surface area contributed by atoms with E-state index in [1.54, 1.807) is 9.80 Å². The number of ether oxygens (including phenoxy) is 1. The zero-order valence-corrected chi connectivity index (χ0v) is 16.4. The third kappa shape index (κ3) is 2.97. The van der Waals surface area contributed by atoms with Gasteiger partial charge >= 0.3 is 0 Å². The highest BCUT2D eigenvalue weighted by Crippen LogP contribution is 2.39. The largest absolute Gasteiger partial charge is 0.378 e. The van der Waals surface area contributed by atoms with E-state index in [0.717, 1.165) is 36.6 Å². The highest BCUT2D eigenvalue weighted by molar-refractivity contribution is 7.18. The van der Waals surface area contributed by atoms with Crippen LogP contribution in [0.15, 0.2) is 30.3 Å². The predicted octanol–water partition coefficient (Wildman–Crippen LogP) is 2.13. The van der Waals surface area contributed by atoms with Crippen molar-refractivity contribution in [3.05, 3.63) is 40.8 Å². The van der Waals surface area contributed by atoms with Crippen LogP contribution in [0.1, 0.15) is 28.1 Å². The molecule has 1 aromatic carbocycles. The van der Waals surface area contributed by atoms with E-state index < -0.39 is 0 Å². The maximum Gasteiger partial charge on any atom is 0.268 e. The monoisotopic (exact) mass is 398 g/mol.